The molecule has 23 heavy (non-hydrogen) atoms. The molecule has 0 fully saturated rings. The number of carbonyl (C=O) groups is 3. The fraction of sp³-hybridized carbons (Fsp3) is 0.316. The van der Waals surface area contributed by atoms with Gasteiger partial charge in [0.05, 0.1) is 6.04 Å². The third-order valence-corrected chi connectivity index (χ3v) is 4.05. The molecule has 1 unspecified atom stereocenters. The van der Waals surface area contributed by atoms with Crippen molar-refractivity contribution in [2.45, 2.75) is 39.7 Å². The first-order valence-corrected chi connectivity index (χ1v) is 7.78. The number of hydrogen-bond donors (Lipinski definition) is 1. The number of carbonyl (C=O) groups excluding carboxylic acids is 3. The van der Waals surface area contributed by atoms with E-state index in [1.165, 1.54) is 6.08 Å². The van der Waals surface area contributed by atoms with Crippen LogP contribution in [-0.4, -0.2) is 17.5 Å². The summed E-state index contributed by atoms with van der Waals surface area (Å²) in [5.74, 6) is -0.498. The third kappa shape index (κ3) is 3.65. The maximum absolute atomic E-state index is 12.6. The Bertz CT molecular complexity index is 699. The van der Waals surface area contributed by atoms with Crippen molar-refractivity contribution in [2.24, 2.45) is 0 Å². The maximum Gasteiger partial charge on any atom is 0.220 e. The summed E-state index contributed by atoms with van der Waals surface area (Å²) in [4.78, 5) is 36.8. The summed E-state index contributed by atoms with van der Waals surface area (Å²) in [7, 11) is 0. The van der Waals surface area contributed by atoms with E-state index in [9.17, 15) is 14.4 Å². The zero-order chi connectivity index (χ0) is 17.0. The molecule has 0 saturated heterocycles. The average Bonchev–Trinajstić information content (AvgIpc) is 2.55. The molecule has 0 heterocycles. The van der Waals surface area contributed by atoms with Crippen LogP contribution in [0.3, 0.4) is 0 Å². The van der Waals surface area contributed by atoms with E-state index in [1.54, 1.807) is 13.8 Å². The van der Waals surface area contributed by atoms with Gasteiger partial charge in [0.1, 0.15) is 0 Å². The van der Waals surface area contributed by atoms with Gasteiger partial charge < -0.3 is 5.32 Å². The molecule has 0 bridgehead atoms. The SMILES string of the molecule is CCCC(=O)NC(C1=CC(=O)C(C)=C(C)C1=O)c1ccccc1. The second-order valence-corrected chi connectivity index (χ2v) is 5.70. The van der Waals surface area contributed by atoms with Gasteiger partial charge in [-0.2, -0.15) is 0 Å². The molecule has 1 aromatic carbocycles. The molecular weight excluding hydrogens is 290 g/mol. The van der Waals surface area contributed by atoms with E-state index < -0.39 is 6.04 Å². The van der Waals surface area contributed by atoms with Crippen LogP contribution in [0.5, 0.6) is 0 Å². The Balaban J connectivity index is 2.42. The van der Waals surface area contributed by atoms with Crippen LogP contribution in [0, 0.1) is 0 Å². The minimum absolute atomic E-state index is 0.133. The summed E-state index contributed by atoms with van der Waals surface area (Å²) >= 11 is 0. The van der Waals surface area contributed by atoms with Crippen LogP contribution in [0.25, 0.3) is 0 Å². The molecule has 1 amide bonds. The van der Waals surface area contributed by atoms with Gasteiger partial charge in [0.15, 0.2) is 11.6 Å². The first-order chi connectivity index (χ1) is 11.0. The maximum atomic E-state index is 12.6. The number of amides is 1. The molecule has 1 atom stereocenters. The molecule has 0 radical (unpaired) electrons. The highest BCUT2D eigenvalue weighted by atomic mass is 16.2. The van der Waals surface area contributed by atoms with Crippen LogP contribution in [0.2, 0.25) is 0 Å². The molecule has 0 aromatic heterocycles. The predicted molar refractivity (Wildman–Crippen MR) is 88.7 cm³/mol. The largest absolute Gasteiger partial charge is 0.345 e. The molecule has 4 heteroatoms. The van der Waals surface area contributed by atoms with E-state index in [4.69, 9.17) is 0 Å². The number of ketones is 2. The fourth-order valence-electron chi connectivity index (χ4n) is 2.55. The summed E-state index contributed by atoms with van der Waals surface area (Å²) in [6.45, 7) is 5.22. The highest BCUT2D eigenvalue weighted by molar-refractivity contribution is 6.22. The van der Waals surface area contributed by atoms with Crippen LogP contribution in [0.1, 0.15) is 45.2 Å². The zero-order valence-corrected chi connectivity index (χ0v) is 13.7. The van der Waals surface area contributed by atoms with Crippen molar-refractivity contribution >= 4 is 17.5 Å². The Kier molecular flexibility index (Phi) is 5.27. The summed E-state index contributed by atoms with van der Waals surface area (Å²) < 4.78 is 0. The standard InChI is InChI=1S/C19H21NO3/c1-4-8-17(22)20-18(14-9-6-5-7-10-14)15-11-16(21)12(2)13(3)19(15)23/h5-7,9-11,18H,4,8H2,1-3H3,(H,20,22). The molecular formula is C19H21NO3. The summed E-state index contributed by atoms with van der Waals surface area (Å²) in [6, 6.07) is 8.64. The summed E-state index contributed by atoms with van der Waals surface area (Å²) in [5.41, 5.74) is 2.02. The van der Waals surface area contributed by atoms with Crippen molar-refractivity contribution in [1.82, 2.24) is 5.32 Å². The molecule has 1 aromatic rings. The Morgan fingerprint density at radius 3 is 2.35 bits per heavy atom. The lowest BCUT2D eigenvalue weighted by Gasteiger charge is -2.24. The number of Topliss-reactive ketones (excluding diaryl/α,β-unsaturated/α-hetero) is 1. The molecule has 2 rings (SSSR count). The van der Waals surface area contributed by atoms with Crippen LogP contribution in [0.4, 0.5) is 0 Å². The number of allylic oxidation sites excluding steroid dienone is 3. The van der Waals surface area contributed by atoms with Crippen LogP contribution < -0.4 is 5.32 Å². The van der Waals surface area contributed by atoms with Crippen LogP contribution in [0.15, 0.2) is 53.1 Å². The van der Waals surface area contributed by atoms with Gasteiger partial charge in [0.25, 0.3) is 0 Å². The van der Waals surface area contributed by atoms with Crippen molar-refractivity contribution < 1.29 is 14.4 Å². The second-order valence-electron chi connectivity index (χ2n) is 5.70. The van der Waals surface area contributed by atoms with Gasteiger partial charge in [0.2, 0.25) is 5.91 Å². The van der Waals surface area contributed by atoms with E-state index >= 15 is 0 Å². The minimum Gasteiger partial charge on any atom is -0.345 e. The highest BCUT2D eigenvalue weighted by Crippen LogP contribution is 2.29. The molecule has 1 N–H and O–H groups in total. The molecule has 4 nitrogen and oxygen atoms in total. The molecule has 1 aliphatic rings. The fourth-order valence-corrected chi connectivity index (χ4v) is 2.55. The van der Waals surface area contributed by atoms with Crippen molar-refractivity contribution in [2.75, 3.05) is 0 Å². The van der Waals surface area contributed by atoms with E-state index in [1.807, 2.05) is 37.3 Å². The average molecular weight is 311 g/mol. The van der Waals surface area contributed by atoms with Gasteiger partial charge in [-0.15, -0.1) is 0 Å². The number of benzene rings is 1. The third-order valence-electron chi connectivity index (χ3n) is 4.05. The first kappa shape index (κ1) is 16.9. The molecule has 0 saturated carbocycles. The van der Waals surface area contributed by atoms with Gasteiger partial charge in [-0.05, 0) is 31.9 Å². The van der Waals surface area contributed by atoms with Gasteiger partial charge >= 0.3 is 0 Å². The van der Waals surface area contributed by atoms with Gasteiger partial charge in [-0.1, -0.05) is 37.3 Å². The summed E-state index contributed by atoms with van der Waals surface area (Å²) in [5, 5.41) is 2.89. The van der Waals surface area contributed by atoms with Gasteiger partial charge in [-0.25, -0.2) is 0 Å². The van der Waals surface area contributed by atoms with Crippen molar-refractivity contribution in [3.8, 4) is 0 Å². The Morgan fingerprint density at radius 2 is 1.74 bits per heavy atom. The highest BCUT2D eigenvalue weighted by Gasteiger charge is 2.30. The van der Waals surface area contributed by atoms with Gasteiger partial charge in [-0.3, -0.25) is 14.4 Å². The van der Waals surface area contributed by atoms with E-state index in [-0.39, 0.29) is 17.5 Å². The number of nitrogens with one attached hydrogen (secondary N) is 1. The Morgan fingerprint density at radius 1 is 1.09 bits per heavy atom. The van der Waals surface area contributed by atoms with E-state index in [0.717, 1.165) is 12.0 Å². The Hall–Kier alpha value is -2.49. The molecule has 0 aliphatic heterocycles. The van der Waals surface area contributed by atoms with Crippen molar-refractivity contribution in [3.05, 3.63) is 58.7 Å². The lowest BCUT2D eigenvalue weighted by Crippen LogP contribution is -2.33. The van der Waals surface area contributed by atoms with Crippen LogP contribution in [-0.2, 0) is 14.4 Å². The second kappa shape index (κ2) is 7.18. The smallest absolute Gasteiger partial charge is 0.220 e. The number of hydrogen-bond acceptors (Lipinski definition) is 3. The molecule has 1 aliphatic carbocycles. The monoisotopic (exact) mass is 311 g/mol. The normalized spacial score (nSPS) is 16.2. The lowest BCUT2D eigenvalue weighted by atomic mass is 9.85. The predicted octanol–water partition coefficient (Wildman–Crippen LogP) is 3.06. The van der Waals surface area contributed by atoms with E-state index in [0.29, 0.717) is 23.1 Å². The summed E-state index contributed by atoms with van der Waals surface area (Å²) in [6.07, 6.45) is 2.46. The topological polar surface area (TPSA) is 63.2 Å². The van der Waals surface area contributed by atoms with Crippen molar-refractivity contribution in [3.63, 3.8) is 0 Å². The number of rotatable bonds is 5. The van der Waals surface area contributed by atoms with Crippen LogP contribution >= 0.6 is 0 Å². The first-order valence-electron chi connectivity index (χ1n) is 7.78. The molecule has 120 valence electrons. The zero-order valence-electron chi connectivity index (χ0n) is 13.7. The van der Waals surface area contributed by atoms with Gasteiger partial charge in [0, 0.05) is 23.1 Å². The molecule has 0 spiro atoms. The van der Waals surface area contributed by atoms with Crippen molar-refractivity contribution in [1.29, 1.82) is 0 Å². The Labute approximate surface area is 136 Å². The van der Waals surface area contributed by atoms with E-state index in [2.05, 4.69) is 5.32 Å². The quantitative estimate of drug-likeness (QED) is 0.850. The lowest BCUT2D eigenvalue weighted by molar-refractivity contribution is -0.122. The minimum atomic E-state index is -0.602.